The number of methoxy groups -OCH3 is 1. The molecule has 1 N–H and O–H groups in total. The van der Waals surface area contributed by atoms with Gasteiger partial charge < -0.3 is 9.84 Å². The van der Waals surface area contributed by atoms with Crippen LogP contribution in [0, 0.1) is 0 Å². The summed E-state index contributed by atoms with van der Waals surface area (Å²) in [6, 6.07) is 11.1. The highest BCUT2D eigenvalue weighted by Gasteiger charge is 2.11. The minimum Gasteiger partial charge on any atom is -0.465 e. The van der Waals surface area contributed by atoms with E-state index in [4.69, 9.17) is 9.84 Å². The quantitative estimate of drug-likeness (QED) is 0.782. The molecule has 0 amide bonds. The van der Waals surface area contributed by atoms with E-state index in [0.717, 1.165) is 10.8 Å². The Labute approximate surface area is 93.3 Å². The van der Waals surface area contributed by atoms with Gasteiger partial charge in [-0.3, -0.25) is 0 Å². The molecule has 0 saturated carbocycles. The summed E-state index contributed by atoms with van der Waals surface area (Å²) in [6.07, 6.45) is 0. The molecule has 3 heteroatoms. The van der Waals surface area contributed by atoms with E-state index < -0.39 is 0 Å². The number of benzene rings is 2. The molecule has 2 aromatic carbocycles. The number of aliphatic hydroxyl groups is 1. The Morgan fingerprint density at radius 1 is 1.31 bits per heavy atom. The third-order valence-corrected chi connectivity index (χ3v) is 2.51. The molecule has 0 radical (unpaired) electrons. The smallest absolute Gasteiger partial charge is 0.338 e. The molecule has 0 aromatic heterocycles. The van der Waals surface area contributed by atoms with Crippen molar-refractivity contribution >= 4 is 16.7 Å². The maximum atomic E-state index is 11.6. The van der Waals surface area contributed by atoms with Crippen molar-refractivity contribution in [1.82, 2.24) is 0 Å². The average Bonchev–Trinajstić information content (AvgIpc) is 2.36. The molecule has 0 fully saturated rings. The molecule has 0 atom stereocenters. The lowest BCUT2D eigenvalue weighted by atomic mass is 10.0. The molecule has 2 aromatic rings. The number of rotatable bonds is 2. The lowest BCUT2D eigenvalue weighted by Gasteiger charge is -2.07. The van der Waals surface area contributed by atoms with Gasteiger partial charge in [-0.25, -0.2) is 4.79 Å². The predicted octanol–water partition coefficient (Wildman–Crippen LogP) is 2.12. The van der Waals surface area contributed by atoms with E-state index in [-0.39, 0.29) is 12.6 Å². The lowest BCUT2D eigenvalue weighted by molar-refractivity contribution is 0.0603. The van der Waals surface area contributed by atoms with Crippen molar-refractivity contribution in [1.29, 1.82) is 0 Å². The molecule has 82 valence electrons. The molecule has 0 saturated heterocycles. The first-order valence-corrected chi connectivity index (χ1v) is 4.97. The zero-order chi connectivity index (χ0) is 11.5. The Morgan fingerprint density at radius 3 is 2.75 bits per heavy atom. The van der Waals surface area contributed by atoms with Gasteiger partial charge in [0.2, 0.25) is 0 Å². The van der Waals surface area contributed by atoms with Crippen LogP contribution in [0.25, 0.3) is 10.8 Å². The summed E-state index contributed by atoms with van der Waals surface area (Å²) in [4.78, 5) is 11.6. The average molecular weight is 216 g/mol. The Morgan fingerprint density at radius 2 is 2.06 bits per heavy atom. The van der Waals surface area contributed by atoms with Crippen LogP contribution in [-0.2, 0) is 11.3 Å². The van der Waals surface area contributed by atoms with Crippen LogP contribution in [0.2, 0.25) is 0 Å². The second kappa shape index (κ2) is 4.33. The topological polar surface area (TPSA) is 46.5 Å². The van der Waals surface area contributed by atoms with Crippen LogP contribution in [0.1, 0.15) is 15.9 Å². The van der Waals surface area contributed by atoms with E-state index in [2.05, 4.69) is 0 Å². The first kappa shape index (κ1) is 10.6. The van der Waals surface area contributed by atoms with Crippen molar-refractivity contribution in [2.45, 2.75) is 6.61 Å². The Balaban J connectivity index is 2.73. The number of carbonyl (C=O) groups is 1. The number of ether oxygens (including phenoxy) is 1. The fraction of sp³-hybridized carbons (Fsp3) is 0.154. The predicted molar refractivity (Wildman–Crippen MR) is 61.2 cm³/mol. The van der Waals surface area contributed by atoms with Crippen molar-refractivity contribution in [2.75, 3.05) is 7.11 Å². The van der Waals surface area contributed by atoms with Gasteiger partial charge in [-0.05, 0) is 28.5 Å². The molecule has 16 heavy (non-hydrogen) atoms. The molecule has 0 unspecified atom stereocenters. The summed E-state index contributed by atoms with van der Waals surface area (Å²) in [5.41, 5.74) is 1.20. The molecule has 2 rings (SSSR count). The molecular weight excluding hydrogens is 204 g/mol. The van der Waals surface area contributed by atoms with Gasteiger partial charge >= 0.3 is 5.97 Å². The largest absolute Gasteiger partial charge is 0.465 e. The zero-order valence-electron chi connectivity index (χ0n) is 8.93. The summed E-state index contributed by atoms with van der Waals surface area (Å²) in [6.45, 7) is -0.0885. The van der Waals surface area contributed by atoms with Crippen molar-refractivity contribution in [3.63, 3.8) is 0 Å². The van der Waals surface area contributed by atoms with Crippen LogP contribution in [0.4, 0.5) is 0 Å². The van der Waals surface area contributed by atoms with Gasteiger partial charge in [0.25, 0.3) is 0 Å². The van der Waals surface area contributed by atoms with Gasteiger partial charge in [0.1, 0.15) is 0 Å². The van der Waals surface area contributed by atoms with Gasteiger partial charge in [0.15, 0.2) is 0 Å². The number of carbonyl (C=O) groups excluding carboxylic acids is 1. The first-order chi connectivity index (χ1) is 7.76. The number of hydrogen-bond donors (Lipinski definition) is 1. The summed E-state index contributed by atoms with van der Waals surface area (Å²) in [5.74, 6) is -0.383. The van der Waals surface area contributed by atoms with Gasteiger partial charge in [-0.1, -0.05) is 24.3 Å². The van der Waals surface area contributed by atoms with Crippen molar-refractivity contribution in [3.05, 3.63) is 47.5 Å². The summed E-state index contributed by atoms with van der Waals surface area (Å²) in [5, 5.41) is 10.9. The van der Waals surface area contributed by atoms with Crippen molar-refractivity contribution in [2.24, 2.45) is 0 Å². The minimum atomic E-state index is -0.383. The van der Waals surface area contributed by atoms with Crippen LogP contribution in [0.3, 0.4) is 0 Å². The molecule has 0 heterocycles. The van der Waals surface area contributed by atoms with Crippen LogP contribution in [-0.4, -0.2) is 18.2 Å². The van der Waals surface area contributed by atoms with Crippen LogP contribution in [0.5, 0.6) is 0 Å². The molecule has 0 bridgehead atoms. The monoisotopic (exact) mass is 216 g/mol. The highest BCUT2D eigenvalue weighted by molar-refractivity contribution is 6.04. The first-order valence-electron chi connectivity index (χ1n) is 4.97. The normalized spacial score (nSPS) is 10.4. The van der Waals surface area contributed by atoms with E-state index in [1.807, 2.05) is 30.3 Å². The number of fused-ring (bicyclic) bond motifs is 1. The van der Waals surface area contributed by atoms with Crippen LogP contribution >= 0.6 is 0 Å². The third-order valence-electron chi connectivity index (χ3n) is 2.51. The summed E-state index contributed by atoms with van der Waals surface area (Å²) < 4.78 is 4.72. The molecule has 0 aliphatic heterocycles. The maximum absolute atomic E-state index is 11.6. The van der Waals surface area contributed by atoms with E-state index >= 15 is 0 Å². The van der Waals surface area contributed by atoms with Gasteiger partial charge in [0.05, 0.1) is 19.3 Å². The standard InChI is InChI=1S/C13H12O3/c1-16-13(15)12-7-9(8-14)6-10-4-2-3-5-11(10)12/h2-7,14H,8H2,1H3. The van der Waals surface area contributed by atoms with Gasteiger partial charge in [-0.15, -0.1) is 0 Å². The fourth-order valence-electron chi connectivity index (χ4n) is 1.74. The van der Waals surface area contributed by atoms with Crippen LogP contribution in [0.15, 0.2) is 36.4 Å². The van der Waals surface area contributed by atoms with E-state index in [0.29, 0.717) is 11.1 Å². The molecule has 0 aliphatic carbocycles. The molecule has 0 spiro atoms. The second-order valence-corrected chi connectivity index (χ2v) is 3.51. The number of esters is 1. The molecular formula is C13H12O3. The second-order valence-electron chi connectivity index (χ2n) is 3.51. The zero-order valence-corrected chi connectivity index (χ0v) is 8.93. The Kier molecular flexibility index (Phi) is 2.88. The van der Waals surface area contributed by atoms with E-state index in [9.17, 15) is 4.79 Å². The van der Waals surface area contributed by atoms with Crippen molar-refractivity contribution < 1.29 is 14.6 Å². The highest BCUT2D eigenvalue weighted by Crippen LogP contribution is 2.21. The van der Waals surface area contributed by atoms with E-state index in [1.165, 1.54) is 7.11 Å². The van der Waals surface area contributed by atoms with Gasteiger partial charge in [0, 0.05) is 0 Å². The molecule has 0 aliphatic rings. The summed E-state index contributed by atoms with van der Waals surface area (Å²) in [7, 11) is 1.35. The van der Waals surface area contributed by atoms with E-state index in [1.54, 1.807) is 6.07 Å². The Hall–Kier alpha value is -1.87. The maximum Gasteiger partial charge on any atom is 0.338 e. The lowest BCUT2D eigenvalue weighted by Crippen LogP contribution is -2.03. The Bertz CT molecular complexity index is 532. The minimum absolute atomic E-state index is 0.0885. The highest BCUT2D eigenvalue weighted by atomic mass is 16.5. The fourth-order valence-corrected chi connectivity index (χ4v) is 1.74. The number of hydrogen-bond acceptors (Lipinski definition) is 3. The van der Waals surface area contributed by atoms with Crippen LogP contribution < -0.4 is 0 Å². The van der Waals surface area contributed by atoms with Gasteiger partial charge in [-0.2, -0.15) is 0 Å². The van der Waals surface area contributed by atoms with Crippen molar-refractivity contribution in [3.8, 4) is 0 Å². The summed E-state index contributed by atoms with van der Waals surface area (Å²) >= 11 is 0. The molecule has 3 nitrogen and oxygen atoms in total. The third kappa shape index (κ3) is 1.77. The SMILES string of the molecule is COC(=O)c1cc(CO)cc2ccccc12. The number of aliphatic hydroxyl groups excluding tert-OH is 1.